The summed E-state index contributed by atoms with van der Waals surface area (Å²) in [4.78, 5) is 15.0. The maximum Gasteiger partial charge on any atom is 0.234 e. The number of carbonyl (C=O) groups is 1. The highest BCUT2D eigenvalue weighted by molar-refractivity contribution is 5.84. The molecule has 4 heteroatoms. The third kappa shape index (κ3) is 2.05. The molecule has 4 nitrogen and oxygen atoms in total. The third-order valence-corrected chi connectivity index (χ3v) is 2.52. The van der Waals surface area contributed by atoms with Gasteiger partial charge in [0.25, 0.3) is 0 Å². The van der Waals surface area contributed by atoms with Gasteiger partial charge in [0, 0.05) is 6.21 Å². The van der Waals surface area contributed by atoms with Crippen molar-refractivity contribution in [3.63, 3.8) is 0 Å². The van der Waals surface area contributed by atoms with E-state index in [0.717, 1.165) is 17.7 Å². The molecular weight excluding hydrogens is 190 g/mol. The van der Waals surface area contributed by atoms with Crippen molar-refractivity contribution in [2.45, 2.75) is 19.0 Å². The highest BCUT2D eigenvalue weighted by Crippen LogP contribution is 2.17. The Hall–Kier alpha value is -1.68. The third-order valence-electron chi connectivity index (χ3n) is 2.52. The SMILES string of the molecule is NC(=O)C(N)Cc1ccc2c(c1)CN=C2. The van der Waals surface area contributed by atoms with E-state index >= 15 is 0 Å². The molecule has 78 valence electrons. The van der Waals surface area contributed by atoms with Crippen molar-refractivity contribution in [3.05, 3.63) is 34.9 Å². The minimum absolute atomic E-state index is 0.466. The first-order valence-electron chi connectivity index (χ1n) is 4.83. The number of hydrogen-bond acceptors (Lipinski definition) is 3. The van der Waals surface area contributed by atoms with Gasteiger partial charge in [0.2, 0.25) is 5.91 Å². The summed E-state index contributed by atoms with van der Waals surface area (Å²) in [7, 11) is 0. The number of hydrogen-bond donors (Lipinski definition) is 2. The number of primary amides is 1. The Morgan fingerprint density at radius 1 is 1.53 bits per heavy atom. The molecule has 1 aromatic rings. The molecule has 1 aliphatic heterocycles. The van der Waals surface area contributed by atoms with Crippen molar-refractivity contribution >= 4 is 12.1 Å². The van der Waals surface area contributed by atoms with Crippen LogP contribution in [-0.4, -0.2) is 18.2 Å². The Morgan fingerprint density at radius 2 is 2.33 bits per heavy atom. The Balaban J connectivity index is 2.15. The molecule has 0 bridgehead atoms. The zero-order valence-corrected chi connectivity index (χ0v) is 8.31. The van der Waals surface area contributed by atoms with Crippen LogP contribution in [0.15, 0.2) is 23.2 Å². The van der Waals surface area contributed by atoms with Gasteiger partial charge in [-0.25, -0.2) is 0 Å². The van der Waals surface area contributed by atoms with Crippen molar-refractivity contribution < 1.29 is 4.79 Å². The molecular formula is C11H13N3O. The van der Waals surface area contributed by atoms with Crippen LogP contribution in [0.1, 0.15) is 16.7 Å². The van der Waals surface area contributed by atoms with Crippen molar-refractivity contribution in [3.8, 4) is 0 Å². The summed E-state index contributed by atoms with van der Waals surface area (Å²) in [5.41, 5.74) is 14.1. The molecule has 2 rings (SSSR count). The van der Waals surface area contributed by atoms with Crippen molar-refractivity contribution in [2.75, 3.05) is 0 Å². The minimum atomic E-state index is -0.606. The Bertz CT molecular complexity index is 426. The average Bonchev–Trinajstić information content (AvgIpc) is 2.64. The Labute approximate surface area is 88.0 Å². The molecule has 1 atom stereocenters. The fourth-order valence-electron chi connectivity index (χ4n) is 1.65. The van der Waals surface area contributed by atoms with E-state index in [4.69, 9.17) is 11.5 Å². The second-order valence-corrected chi connectivity index (χ2v) is 3.72. The van der Waals surface area contributed by atoms with Gasteiger partial charge in [0.05, 0.1) is 12.6 Å². The molecule has 0 spiro atoms. The summed E-state index contributed by atoms with van der Waals surface area (Å²) in [6.45, 7) is 0.717. The quantitative estimate of drug-likeness (QED) is 0.723. The molecule has 1 unspecified atom stereocenters. The lowest BCUT2D eigenvalue weighted by Gasteiger charge is -2.08. The van der Waals surface area contributed by atoms with Gasteiger partial charge in [-0.05, 0) is 23.1 Å². The van der Waals surface area contributed by atoms with Gasteiger partial charge in [0.1, 0.15) is 0 Å². The number of benzene rings is 1. The standard InChI is InChI=1S/C11H13N3O/c12-10(11(13)15)4-7-1-2-8-5-14-6-9(8)3-7/h1-3,5,10H,4,6,12H2,(H2,13,15). The smallest absolute Gasteiger partial charge is 0.234 e. The van der Waals surface area contributed by atoms with Crippen LogP contribution < -0.4 is 11.5 Å². The van der Waals surface area contributed by atoms with Gasteiger partial charge in [-0.15, -0.1) is 0 Å². The minimum Gasteiger partial charge on any atom is -0.368 e. The molecule has 0 aromatic heterocycles. The number of nitrogens with two attached hydrogens (primary N) is 2. The van der Waals surface area contributed by atoms with Crippen LogP contribution in [0, 0.1) is 0 Å². The molecule has 0 saturated heterocycles. The number of carbonyl (C=O) groups excluding carboxylic acids is 1. The molecule has 0 radical (unpaired) electrons. The lowest BCUT2D eigenvalue weighted by atomic mass is 10.0. The predicted molar refractivity (Wildman–Crippen MR) is 58.6 cm³/mol. The van der Waals surface area contributed by atoms with E-state index in [1.807, 2.05) is 24.4 Å². The fraction of sp³-hybridized carbons (Fsp3) is 0.273. The molecule has 1 aromatic carbocycles. The number of fused-ring (bicyclic) bond motifs is 1. The summed E-state index contributed by atoms with van der Waals surface area (Å²) in [5.74, 6) is -0.466. The van der Waals surface area contributed by atoms with E-state index in [-0.39, 0.29) is 0 Å². The van der Waals surface area contributed by atoms with Crippen LogP contribution >= 0.6 is 0 Å². The summed E-state index contributed by atoms with van der Waals surface area (Å²) < 4.78 is 0. The maximum atomic E-state index is 10.8. The zero-order chi connectivity index (χ0) is 10.8. The number of amides is 1. The summed E-state index contributed by atoms with van der Waals surface area (Å²) in [5, 5.41) is 0. The van der Waals surface area contributed by atoms with Crippen molar-refractivity contribution in [1.29, 1.82) is 0 Å². The van der Waals surface area contributed by atoms with Crippen LogP contribution in [0.4, 0.5) is 0 Å². The van der Waals surface area contributed by atoms with E-state index in [1.54, 1.807) is 0 Å². The molecule has 0 aliphatic carbocycles. The molecule has 0 fully saturated rings. The monoisotopic (exact) mass is 203 g/mol. The van der Waals surface area contributed by atoms with E-state index < -0.39 is 11.9 Å². The fourth-order valence-corrected chi connectivity index (χ4v) is 1.65. The maximum absolute atomic E-state index is 10.8. The van der Waals surface area contributed by atoms with E-state index in [1.165, 1.54) is 5.56 Å². The van der Waals surface area contributed by atoms with E-state index in [2.05, 4.69) is 4.99 Å². The first-order valence-corrected chi connectivity index (χ1v) is 4.83. The molecule has 4 N–H and O–H groups in total. The summed E-state index contributed by atoms with van der Waals surface area (Å²) >= 11 is 0. The molecule has 1 aliphatic rings. The van der Waals surface area contributed by atoms with Gasteiger partial charge in [-0.3, -0.25) is 9.79 Å². The highest BCUT2D eigenvalue weighted by atomic mass is 16.1. The topological polar surface area (TPSA) is 81.5 Å². The van der Waals surface area contributed by atoms with Crippen LogP contribution in [-0.2, 0) is 17.8 Å². The second kappa shape index (κ2) is 3.82. The first kappa shape index (κ1) is 9.86. The second-order valence-electron chi connectivity index (χ2n) is 3.72. The van der Waals surface area contributed by atoms with Gasteiger partial charge in [-0.2, -0.15) is 0 Å². The molecule has 15 heavy (non-hydrogen) atoms. The normalized spacial score (nSPS) is 15.0. The van der Waals surface area contributed by atoms with E-state index in [0.29, 0.717) is 6.42 Å². The predicted octanol–water partition coefficient (Wildman–Crippen LogP) is -0.0258. The lowest BCUT2D eigenvalue weighted by molar-refractivity contribution is -0.119. The zero-order valence-electron chi connectivity index (χ0n) is 8.31. The van der Waals surface area contributed by atoms with Crippen LogP contribution in [0.5, 0.6) is 0 Å². The Kier molecular flexibility index (Phi) is 2.51. The highest BCUT2D eigenvalue weighted by Gasteiger charge is 2.12. The van der Waals surface area contributed by atoms with E-state index in [9.17, 15) is 4.79 Å². The summed E-state index contributed by atoms with van der Waals surface area (Å²) in [6, 6.07) is 5.38. The largest absolute Gasteiger partial charge is 0.368 e. The van der Waals surface area contributed by atoms with Gasteiger partial charge in [0.15, 0.2) is 0 Å². The van der Waals surface area contributed by atoms with Crippen LogP contribution in [0.3, 0.4) is 0 Å². The number of nitrogens with zero attached hydrogens (tertiary/aromatic N) is 1. The van der Waals surface area contributed by atoms with Gasteiger partial charge < -0.3 is 11.5 Å². The van der Waals surface area contributed by atoms with Crippen LogP contribution in [0.25, 0.3) is 0 Å². The molecule has 1 amide bonds. The average molecular weight is 203 g/mol. The molecule has 0 saturated carbocycles. The van der Waals surface area contributed by atoms with Crippen LogP contribution in [0.2, 0.25) is 0 Å². The Morgan fingerprint density at radius 3 is 3.07 bits per heavy atom. The first-order chi connectivity index (χ1) is 7.16. The van der Waals surface area contributed by atoms with Gasteiger partial charge in [-0.1, -0.05) is 18.2 Å². The van der Waals surface area contributed by atoms with Crippen molar-refractivity contribution in [1.82, 2.24) is 0 Å². The molecule has 1 heterocycles. The number of rotatable bonds is 3. The van der Waals surface area contributed by atoms with Crippen molar-refractivity contribution in [2.24, 2.45) is 16.5 Å². The summed E-state index contributed by atoms with van der Waals surface area (Å²) in [6.07, 6.45) is 2.34. The lowest BCUT2D eigenvalue weighted by Crippen LogP contribution is -2.38. The van der Waals surface area contributed by atoms with Gasteiger partial charge >= 0.3 is 0 Å². The number of aliphatic imine (C=N–C) groups is 1.